The number of rotatable bonds is 4. The zero-order valence-corrected chi connectivity index (χ0v) is 14.7. The number of benzene rings is 1. The Labute approximate surface area is 156 Å². The van der Waals surface area contributed by atoms with E-state index in [1.165, 1.54) is 13.2 Å². The lowest BCUT2D eigenvalue weighted by Crippen LogP contribution is -2.35. The van der Waals surface area contributed by atoms with E-state index in [0.29, 0.717) is 10.6 Å². The van der Waals surface area contributed by atoms with E-state index in [1.807, 2.05) is 5.32 Å². The normalized spacial score (nSPS) is 10.7. The van der Waals surface area contributed by atoms with Gasteiger partial charge in [-0.1, -0.05) is 23.7 Å². The van der Waals surface area contributed by atoms with Crippen molar-refractivity contribution in [1.29, 1.82) is 0 Å². The van der Waals surface area contributed by atoms with Crippen LogP contribution < -0.4 is 10.9 Å². The van der Waals surface area contributed by atoms with Crippen molar-refractivity contribution in [3.8, 4) is 17.1 Å². The number of carbonyl (C=O) groups excluding carboxylic acids is 1. The number of aromatic hydroxyl groups is 1. The number of halogens is 1. The molecule has 10 heteroatoms. The molecule has 0 radical (unpaired) electrons. The number of amides is 1. The van der Waals surface area contributed by atoms with Gasteiger partial charge < -0.3 is 15.5 Å². The molecule has 0 bridgehead atoms. The molecule has 2 heterocycles. The van der Waals surface area contributed by atoms with E-state index in [1.54, 1.807) is 24.3 Å². The van der Waals surface area contributed by atoms with Crippen molar-refractivity contribution in [1.82, 2.24) is 19.9 Å². The molecule has 3 rings (SSSR count). The number of aromatic nitrogens is 3. The summed E-state index contributed by atoms with van der Waals surface area (Å²) in [4.78, 5) is 43.6. The summed E-state index contributed by atoms with van der Waals surface area (Å²) in [6.07, 6.45) is 1.28. The Morgan fingerprint density at radius 3 is 2.74 bits per heavy atom. The number of hydrogen-bond donors (Lipinski definition) is 3. The summed E-state index contributed by atoms with van der Waals surface area (Å²) in [6, 6.07) is 6.79. The minimum atomic E-state index is -1.28. The summed E-state index contributed by atoms with van der Waals surface area (Å²) >= 11 is 5.97. The molecule has 0 unspecified atom stereocenters. The fraction of sp³-hybridized carbons (Fsp3) is 0.118. The Balaban J connectivity index is 2.16. The summed E-state index contributed by atoms with van der Waals surface area (Å²) in [5.74, 6) is -2.62. The van der Waals surface area contributed by atoms with Crippen molar-refractivity contribution in [2.75, 3.05) is 6.54 Å². The number of pyridine rings is 1. The average molecular weight is 389 g/mol. The van der Waals surface area contributed by atoms with Gasteiger partial charge in [0.25, 0.3) is 11.5 Å². The van der Waals surface area contributed by atoms with Crippen molar-refractivity contribution in [3.63, 3.8) is 0 Å². The molecule has 1 amide bonds. The molecule has 27 heavy (non-hydrogen) atoms. The van der Waals surface area contributed by atoms with E-state index >= 15 is 0 Å². The molecular formula is C17H13ClN4O5. The Morgan fingerprint density at radius 2 is 2.07 bits per heavy atom. The van der Waals surface area contributed by atoms with Crippen molar-refractivity contribution in [2.45, 2.75) is 0 Å². The van der Waals surface area contributed by atoms with Crippen molar-refractivity contribution < 1.29 is 19.8 Å². The lowest BCUT2D eigenvalue weighted by molar-refractivity contribution is -0.135. The molecule has 3 N–H and O–H groups in total. The molecule has 0 aliphatic heterocycles. The standard InChI is InChI=1S/C17H13ClN4O5/c1-22-15-10(6-19-14(21-15)8-3-2-4-9(18)5-8)13(25)12(17(22)27)16(26)20-7-11(23)24/h2-6,25H,7H2,1H3,(H,20,26)(H,23,24). The molecule has 1 aromatic carbocycles. The first-order chi connectivity index (χ1) is 12.8. The van der Waals surface area contributed by atoms with Gasteiger partial charge in [0.1, 0.15) is 23.5 Å². The number of carbonyl (C=O) groups is 2. The number of carboxylic acid groups (broad SMARTS) is 1. The summed E-state index contributed by atoms with van der Waals surface area (Å²) < 4.78 is 1.08. The zero-order valence-electron chi connectivity index (χ0n) is 13.9. The lowest BCUT2D eigenvalue weighted by Gasteiger charge is -2.11. The van der Waals surface area contributed by atoms with Gasteiger partial charge in [0.05, 0.1) is 5.39 Å². The summed E-state index contributed by atoms with van der Waals surface area (Å²) in [5, 5.41) is 21.6. The van der Waals surface area contributed by atoms with E-state index in [9.17, 15) is 19.5 Å². The third-order valence-electron chi connectivity index (χ3n) is 3.81. The first-order valence-electron chi connectivity index (χ1n) is 7.64. The average Bonchev–Trinajstić information content (AvgIpc) is 2.64. The number of fused-ring (bicyclic) bond motifs is 1. The van der Waals surface area contributed by atoms with Crippen LogP contribution in [-0.4, -0.2) is 43.2 Å². The molecule has 0 aliphatic carbocycles. The SMILES string of the molecule is Cn1c(=O)c(C(=O)NCC(=O)O)c(O)c2cnc(-c3cccc(Cl)c3)nc21. The minimum Gasteiger partial charge on any atom is -0.506 e. The molecule has 0 atom stereocenters. The summed E-state index contributed by atoms with van der Waals surface area (Å²) in [5.41, 5.74) is -0.680. The summed E-state index contributed by atoms with van der Waals surface area (Å²) in [7, 11) is 1.38. The maximum absolute atomic E-state index is 12.5. The fourth-order valence-corrected chi connectivity index (χ4v) is 2.70. The number of hydrogen-bond acceptors (Lipinski definition) is 6. The van der Waals surface area contributed by atoms with Crippen LogP contribution in [0.15, 0.2) is 35.3 Å². The second-order valence-electron chi connectivity index (χ2n) is 5.61. The van der Waals surface area contributed by atoms with Gasteiger partial charge in [-0.3, -0.25) is 19.0 Å². The molecule has 0 spiro atoms. The van der Waals surface area contributed by atoms with Crippen LogP contribution in [0.2, 0.25) is 5.02 Å². The topological polar surface area (TPSA) is 134 Å². The Morgan fingerprint density at radius 1 is 1.33 bits per heavy atom. The van der Waals surface area contributed by atoms with Crippen LogP contribution in [-0.2, 0) is 11.8 Å². The van der Waals surface area contributed by atoms with Gasteiger partial charge in [0.15, 0.2) is 5.82 Å². The third-order valence-corrected chi connectivity index (χ3v) is 4.04. The zero-order chi connectivity index (χ0) is 19.7. The van der Waals surface area contributed by atoms with Gasteiger partial charge in [0, 0.05) is 23.8 Å². The van der Waals surface area contributed by atoms with Crippen LogP contribution in [0.25, 0.3) is 22.4 Å². The molecule has 2 aromatic heterocycles. The first kappa shape index (κ1) is 18.3. The minimum absolute atomic E-state index is 0.0725. The summed E-state index contributed by atoms with van der Waals surface area (Å²) in [6.45, 7) is -0.691. The molecular weight excluding hydrogens is 376 g/mol. The molecule has 0 fully saturated rings. The Bertz CT molecular complexity index is 1140. The highest BCUT2D eigenvalue weighted by molar-refractivity contribution is 6.30. The van der Waals surface area contributed by atoms with E-state index in [4.69, 9.17) is 16.7 Å². The second-order valence-corrected chi connectivity index (χ2v) is 6.04. The predicted octanol–water partition coefficient (Wildman–Crippen LogP) is 1.17. The molecule has 138 valence electrons. The first-order valence-corrected chi connectivity index (χ1v) is 8.02. The van der Waals surface area contributed by atoms with Gasteiger partial charge in [-0.25, -0.2) is 9.97 Å². The predicted molar refractivity (Wildman–Crippen MR) is 96.9 cm³/mol. The molecule has 3 aromatic rings. The van der Waals surface area contributed by atoms with E-state index in [-0.39, 0.29) is 16.9 Å². The maximum Gasteiger partial charge on any atom is 0.322 e. The third kappa shape index (κ3) is 3.44. The van der Waals surface area contributed by atoms with Gasteiger partial charge in [-0.2, -0.15) is 0 Å². The largest absolute Gasteiger partial charge is 0.506 e. The number of aryl methyl sites for hydroxylation is 1. The number of nitrogens with one attached hydrogen (secondary N) is 1. The number of nitrogens with zero attached hydrogens (tertiary/aromatic N) is 3. The van der Waals surface area contributed by atoms with Crippen LogP contribution in [0.3, 0.4) is 0 Å². The van der Waals surface area contributed by atoms with Crippen LogP contribution in [0.1, 0.15) is 10.4 Å². The van der Waals surface area contributed by atoms with Gasteiger partial charge in [-0.15, -0.1) is 0 Å². The molecule has 0 saturated carbocycles. The van der Waals surface area contributed by atoms with Crippen LogP contribution >= 0.6 is 11.6 Å². The second kappa shape index (κ2) is 7.04. The highest BCUT2D eigenvalue weighted by Gasteiger charge is 2.22. The van der Waals surface area contributed by atoms with Crippen LogP contribution in [0.4, 0.5) is 0 Å². The molecule has 9 nitrogen and oxygen atoms in total. The highest BCUT2D eigenvalue weighted by Crippen LogP contribution is 2.27. The molecule has 0 saturated heterocycles. The number of aliphatic carboxylic acids is 1. The highest BCUT2D eigenvalue weighted by atomic mass is 35.5. The monoisotopic (exact) mass is 388 g/mol. The Kier molecular flexibility index (Phi) is 4.78. The van der Waals surface area contributed by atoms with E-state index < -0.39 is 35.3 Å². The quantitative estimate of drug-likeness (QED) is 0.610. The fourth-order valence-electron chi connectivity index (χ4n) is 2.51. The van der Waals surface area contributed by atoms with Crippen LogP contribution in [0, 0.1) is 0 Å². The molecule has 0 aliphatic rings. The van der Waals surface area contributed by atoms with Gasteiger partial charge in [-0.05, 0) is 12.1 Å². The van der Waals surface area contributed by atoms with Crippen molar-refractivity contribution >= 4 is 34.5 Å². The smallest absolute Gasteiger partial charge is 0.322 e. The lowest BCUT2D eigenvalue weighted by atomic mass is 10.1. The van der Waals surface area contributed by atoms with Gasteiger partial charge in [0.2, 0.25) is 0 Å². The maximum atomic E-state index is 12.5. The number of carboxylic acids is 1. The van der Waals surface area contributed by atoms with Gasteiger partial charge >= 0.3 is 5.97 Å². The van der Waals surface area contributed by atoms with Crippen molar-refractivity contribution in [2.24, 2.45) is 7.05 Å². The van der Waals surface area contributed by atoms with Crippen LogP contribution in [0.5, 0.6) is 5.75 Å². The van der Waals surface area contributed by atoms with E-state index in [2.05, 4.69) is 9.97 Å². The van der Waals surface area contributed by atoms with Crippen molar-refractivity contribution in [3.05, 3.63) is 51.4 Å². The van der Waals surface area contributed by atoms with E-state index in [0.717, 1.165) is 4.57 Å². The Hall–Kier alpha value is -3.46.